The predicted molar refractivity (Wildman–Crippen MR) is 151 cm³/mol. The van der Waals surface area contributed by atoms with E-state index in [1.54, 1.807) is 24.3 Å². The van der Waals surface area contributed by atoms with Crippen LogP contribution in [-0.2, 0) is 27.9 Å². The second-order valence-corrected chi connectivity index (χ2v) is 12.0. The first-order valence-corrected chi connectivity index (χ1v) is 14.8. The van der Waals surface area contributed by atoms with Gasteiger partial charge in [0.15, 0.2) is 6.10 Å². The fourth-order valence-corrected chi connectivity index (χ4v) is 6.51. The summed E-state index contributed by atoms with van der Waals surface area (Å²) < 4.78 is 39.8. The van der Waals surface area contributed by atoms with Crippen molar-refractivity contribution in [1.29, 1.82) is 0 Å². The number of sulfonamides is 1. The molecule has 1 amide bonds. The third-order valence-electron chi connectivity index (χ3n) is 7.27. The van der Waals surface area contributed by atoms with Gasteiger partial charge in [-0.05, 0) is 85.9 Å². The van der Waals surface area contributed by atoms with E-state index >= 15 is 0 Å². The van der Waals surface area contributed by atoms with Crippen molar-refractivity contribution in [3.63, 3.8) is 0 Å². The first kappa shape index (κ1) is 27.0. The number of methoxy groups -OCH3 is 1. The van der Waals surface area contributed by atoms with E-state index in [-0.39, 0.29) is 17.3 Å². The van der Waals surface area contributed by atoms with E-state index in [4.69, 9.17) is 9.47 Å². The average Bonchev–Trinajstić information content (AvgIpc) is 2.96. The number of anilines is 1. The van der Waals surface area contributed by atoms with Crippen molar-refractivity contribution in [3.05, 3.63) is 83.4 Å². The number of likely N-dealkylation sites (tertiary alicyclic amines) is 1. The SMILES string of the molecule is COc1ccc(S(=O)(=O)N2C[C@@H](C(=O)NCc3ccc(CN4CCCCC4)cc3)Oc3ccc(C)cc32)cc1. The van der Waals surface area contributed by atoms with Gasteiger partial charge < -0.3 is 14.8 Å². The van der Waals surface area contributed by atoms with Gasteiger partial charge in [-0.25, -0.2) is 8.42 Å². The number of amides is 1. The number of piperidine rings is 1. The number of hydrogen-bond acceptors (Lipinski definition) is 6. The van der Waals surface area contributed by atoms with Crippen LogP contribution in [0.5, 0.6) is 11.5 Å². The van der Waals surface area contributed by atoms with Crippen molar-refractivity contribution in [1.82, 2.24) is 10.2 Å². The number of benzene rings is 3. The van der Waals surface area contributed by atoms with Crippen molar-refractivity contribution in [2.45, 2.75) is 50.3 Å². The Labute approximate surface area is 230 Å². The van der Waals surface area contributed by atoms with Crippen LogP contribution in [0, 0.1) is 6.92 Å². The van der Waals surface area contributed by atoms with E-state index in [2.05, 4.69) is 22.3 Å². The van der Waals surface area contributed by atoms with Gasteiger partial charge in [-0.3, -0.25) is 14.0 Å². The van der Waals surface area contributed by atoms with Crippen molar-refractivity contribution in [3.8, 4) is 11.5 Å². The van der Waals surface area contributed by atoms with Gasteiger partial charge in [-0.1, -0.05) is 36.8 Å². The molecule has 0 bridgehead atoms. The van der Waals surface area contributed by atoms with Gasteiger partial charge in [-0.15, -0.1) is 0 Å². The van der Waals surface area contributed by atoms with Crippen LogP contribution >= 0.6 is 0 Å². The first-order valence-electron chi connectivity index (χ1n) is 13.4. The summed E-state index contributed by atoms with van der Waals surface area (Å²) in [5.41, 5.74) is 3.53. The van der Waals surface area contributed by atoms with Crippen LogP contribution in [0.15, 0.2) is 71.6 Å². The number of carbonyl (C=O) groups is 1. The summed E-state index contributed by atoms with van der Waals surface area (Å²) in [6.07, 6.45) is 2.84. The van der Waals surface area contributed by atoms with E-state index < -0.39 is 16.1 Å². The van der Waals surface area contributed by atoms with Crippen LogP contribution in [0.3, 0.4) is 0 Å². The van der Waals surface area contributed by atoms with Crippen LogP contribution in [0.4, 0.5) is 5.69 Å². The summed E-state index contributed by atoms with van der Waals surface area (Å²) in [7, 11) is -2.43. The fraction of sp³-hybridized carbons (Fsp3) is 0.367. The molecule has 3 aromatic carbocycles. The van der Waals surface area contributed by atoms with Crippen LogP contribution in [-0.4, -0.2) is 52.1 Å². The summed E-state index contributed by atoms with van der Waals surface area (Å²) in [6.45, 7) is 5.31. The van der Waals surface area contributed by atoms with Crippen LogP contribution in [0.2, 0.25) is 0 Å². The van der Waals surface area contributed by atoms with Crippen molar-refractivity contribution < 1.29 is 22.7 Å². The molecule has 0 unspecified atom stereocenters. The minimum Gasteiger partial charge on any atom is -0.497 e. The number of aryl methyl sites for hydroxylation is 1. The number of nitrogens with one attached hydrogen (secondary N) is 1. The lowest BCUT2D eigenvalue weighted by Gasteiger charge is -2.35. The number of ether oxygens (including phenoxy) is 2. The van der Waals surface area contributed by atoms with Gasteiger partial charge in [-0.2, -0.15) is 0 Å². The van der Waals surface area contributed by atoms with Gasteiger partial charge in [0.25, 0.3) is 15.9 Å². The Morgan fingerprint density at radius 1 is 0.974 bits per heavy atom. The molecule has 1 saturated heterocycles. The second-order valence-electron chi connectivity index (χ2n) is 10.2. The molecular weight excluding hydrogens is 514 g/mol. The number of hydrogen-bond donors (Lipinski definition) is 1. The molecule has 1 atom stereocenters. The van der Waals surface area contributed by atoms with E-state index in [1.807, 2.05) is 25.1 Å². The Morgan fingerprint density at radius 2 is 1.67 bits per heavy atom. The maximum absolute atomic E-state index is 13.7. The maximum atomic E-state index is 13.7. The van der Waals surface area contributed by atoms with Gasteiger partial charge in [0.1, 0.15) is 11.5 Å². The molecule has 2 heterocycles. The average molecular weight is 550 g/mol. The highest BCUT2D eigenvalue weighted by Crippen LogP contribution is 2.38. The number of nitrogens with zero attached hydrogens (tertiary/aromatic N) is 2. The summed E-state index contributed by atoms with van der Waals surface area (Å²) >= 11 is 0. The van der Waals surface area contributed by atoms with Crippen molar-refractivity contribution in [2.75, 3.05) is 31.0 Å². The summed E-state index contributed by atoms with van der Waals surface area (Å²) in [5, 5.41) is 2.93. The topological polar surface area (TPSA) is 88.2 Å². The minimum absolute atomic E-state index is 0.112. The molecule has 1 fully saturated rings. The summed E-state index contributed by atoms with van der Waals surface area (Å²) in [6, 6.07) is 19.8. The zero-order valence-corrected chi connectivity index (χ0v) is 23.2. The third-order valence-corrected chi connectivity index (χ3v) is 9.06. The highest BCUT2D eigenvalue weighted by atomic mass is 32.2. The highest BCUT2D eigenvalue weighted by Gasteiger charge is 2.37. The largest absolute Gasteiger partial charge is 0.497 e. The highest BCUT2D eigenvalue weighted by molar-refractivity contribution is 7.92. The van der Waals surface area contributed by atoms with Crippen molar-refractivity contribution >= 4 is 21.6 Å². The third kappa shape index (κ3) is 6.20. The Hall–Kier alpha value is -3.56. The van der Waals surface area contributed by atoms with E-state index in [0.29, 0.717) is 23.7 Å². The first-order chi connectivity index (χ1) is 18.8. The molecule has 39 heavy (non-hydrogen) atoms. The van der Waals surface area contributed by atoms with E-state index in [9.17, 15) is 13.2 Å². The fourth-order valence-electron chi connectivity index (χ4n) is 5.04. The Bertz CT molecular complexity index is 1400. The van der Waals surface area contributed by atoms with Gasteiger partial charge >= 0.3 is 0 Å². The normalized spacial score (nSPS) is 17.7. The van der Waals surface area contributed by atoms with Crippen LogP contribution < -0.4 is 19.1 Å². The molecule has 0 saturated carbocycles. The predicted octanol–water partition coefficient (Wildman–Crippen LogP) is 4.26. The van der Waals surface area contributed by atoms with Gasteiger partial charge in [0, 0.05) is 13.1 Å². The van der Waals surface area contributed by atoms with Crippen LogP contribution in [0.25, 0.3) is 0 Å². The molecule has 2 aliphatic rings. The molecule has 0 radical (unpaired) electrons. The number of carbonyl (C=O) groups excluding carboxylic acids is 1. The lowest BCUT2D eigenvalue weighted by atomic mass is 10.1. The number of fused-ring (bicyclic) bond motifs is 1. The molecule has 5 rings (SSSR count). The smallest absolute Gasteiger partial charge is 0.264 e. The van der Waals surface area contributed by atoms with Gasteiger partial charge in [0.2, 0.25) is 0 Å². The standard InChI is InChI=1S/C30H35N3O5S/c1-22-6-15-28-27(18-22)33(39(35,36)26-13-11-25(37-2)12-14-26)21-29(38-28)30(34)31-19-23-7-9-24(10-8-23)20-32-16-4-3-5-17-32/h6-15,18,29H,3-5,16-17,19-21H2,1-2H3,(H,31,34)/t29-/m0/s1. The van der Waals surface area contributed by atoms with Gasteiger partial charge in [0.05, 0.1) is 24.2 Å². The molecule has 8 nitrogen and oxygen atoms in total. The zero-order valence-electron chi connectivity index (χ0n) is 22.4. The molecule has 0 spiro atoms. The van der Waals surface area contributed by atoms with Crippen LogP contribution in [0.1, 0.15) is 36.0 Å². The zero-order chi connectivity index (χ0) is 27.4. The molecule has 2 aliphatic heterocycles. The van der Waals surface area contributed by atoms with E-state index in [1.165, 1.54) is 48.4 Å². The summed E-state index contributed by atoms with van der Waals surface area (Å²) in [4.78, 5) is 15.8. The second kappa shape index (κ2) is 11.7. The molecule has 1 N–H and O–H groups in total. The molecule has 9 heteroatoms. The molecule has 3 aromatic rings. The Balaban J connectivity index is 1.28. The Kier molecular flexibility index (Phi) is 8.09. The molecule has 0 aromatic heterocycles. The summed E-state index contributed by atoms with van der Waals surface area (Å²) in [5.74, 6) is 0.545. The lowest BCUT2D eigenvalue weighted by molar-refractivity contribution is -0.127. The maximum Gasteiger partial charge on any atom is 0.264 e. The molecule has 0 aliphatic carbocycles. The molecule has 206 valence electrons. The number of rotatable bonds is 8. The van der Waals surface area contributed by atoms with E-state index in [0.717, 1.165) is 30.8 Å². The minimum atomic E-state index is -3.95. The monoisotopic (exact) mass is 549 g/mol. The lowest BCUT2D eigenvalue weighted by Crippen LogP contribution is -2.50. The quantitative estimate of drug-likeness (QED) is 0.452. The van der Waals surface area contributed by atoms with Crippen molar-refractivity contribution in [2.24, 2.45) is 0 Å². The Morgan fingerprint density at radius 3 is 2.36 bits per heavy atom. The molecular formula is C30H35N3O5S.